The largest absolute Gasteiger partial charge is 0.477 e. The molecule has 0 aromatic carbocycles. The molecule has 2 fully saturated rings. The molecule has 1 saturated carbocycles. The fraction of sp³-hybridized carbons (Fsp3) is 0.529. The first-order chi connectivity index (χ1) is 12.5. The van der Waals surface area contributed by atoms with Crippen LogP contribution in [0, 0.1) is 0 Å². The van der Waals surface area contributed by atoms with E-state index in [9.17, 15) is 19.8 Å². The zero-order chi connectivity index (χ0) is 18.4. The summed E-state index contributed by atoms with van der Waals surface area (Å²) in [6.07, 6.45) is 4.26. The topological polar surface area (TPSA) is 112 Å². The Labute approximate surface area is 149 Å². The lowest BCUT2D eigenvalue weighted by atomic mass is 10.2. The quantitative estimate of drug-likeness (QED) is 0.801. The second-order valence-electron chi connectivity index (χ2n) is 6.88. The fourth-order valence-electron chi connectivity index (χ4n) is 3.36. The van der Waals surface area contributed by atoms with Crippen LogP contribution >= 0.6 is 0 Å². The minimum Gasteiger partial charge on any atom is -0.477 e. The molecule has 0 bridgehead atoms. The smallest absolute Gasteiger partial charge is 0.341 e. The lowest BCUT2D eigenvalue weighted by Crippen LogP contribution is -2.50. The maximum Gasteiger partial charge on any atom is 0.341 e. The molecule has 9 heteroatoms. The summed E-state index contributed by atoms with van der Waals surface area (Å²) in [5, 5.41) is 19.2. The van der Waals surface area contributed by atoms with Crippen molar-refractivity contribution in [2.24, 2.45) is 0 Å². The van der Waals surface area contributed by atoms with Gasteiger partial charge in [0.25, 0.3) is 0 Å². The summed E-state index contributed by atoms with van der Waals surface area (Å²) in [6, 6.07) is 0.186. The number of hydrogen-bond acceptors (Lipinski definition) is 7. The maximum absolute atomic E-state index is 12.4. The van der Waals surface area contributed by atoms with Crippen LogP contribution in [0.4, 0.5) is 5.95 Å². The third-order valence-corrected chi connectivity index (χ3v) is 5.05. The standard InChI is InChI=1S/C17H21N5O4/c1-10(23)20-4-6-21(7-5-20)17-18-8-12-14(24)13(16(25)26)9-22(11-2-3-11)15(12)19-17/h8-11,23H,2-7H2,1H3,(H,25,26). The number of nitrogens with zero attached hydrogens (tertiary/aromatic N) is 5. The first-order valence-corrected chi connectivity index (χ1v) is 8.78. The van der Waals surface area contributed by atoms with Gasteiger partial charge in [0.15, 0.2) is 0 Å². The maximum atomic E-state index is 12.4. The molecule has 3 heterocycles. The zero-order valence-corrected chi connectivity index (χ0v) is 14.5. The number of rotatable bonds is 4. The second-order valence-corrected chi connectivity index (χ2v) is 6.88. The Morgan fingerprint density at radius 3 is 2.54 bits per heavy atom. The average Bonchev–Trinajstić information content (AvgIpc) is 3.46. The van der Waals surface area contributed by atoms with E-state index in [4.69, 9.17) is 0 Å². The van der Waals surface area contributed by atoms with E-state index in [1.807, 2.05) is 9.80 Å². The summed E-state index contributed by atoms with van der Waals surface area (Å²) in [5.41, 5.74) is -0.299. The van der Waals surface area contributed by atoms with Crippen molar-refractivity contribution in [3.63, 3.8) is 0 Å². The van der Waals surface area contributed by atoms with Crippen LogP contribution < -0.4 is 10.3 Å². The molecule has 4 rings (SSSR count). The molecular formula is C17H21N5O4. The molecule has 1 saturated heterocycles. The molecule has 2 aliphatic rings. The number of carboxylic acid groups (broad SMARTS) is 1. The lowest BCUT2D eigenvalue weighted by Gasteiger charge is -2.36. The number of aliphatic hydroxyl groups excluding tert-OH is 1. The molecule has 2 aromatic rings. The van der Waals surface area contributed by atoms with E-state index in [0.717, 1.165) is 12.8 Å². The molecule has 0 amide bonds. The molecule has 2 N–H and O–H groups in total. The number of aliphatic hydroxyl groups is 1. The van der Waals surface area contributed by atoms with Gasteiger partial charge in [0, 0.05) is 44.6 Å². The Kier molecular flexibility index (Phi) is 4.12. The molecule has 0 spiro atoms. The first kappa shape index (κ1) is 16.9. The van der Waals surface area contributed by atoms with Crippen molar-refractivity contribution in [3.8, 4) is 0 Å². The van der Waals surface area contributed by atoms with Gasteiger partial charge in [-0.25, -0.2) is 9.78 Å². The SMILES string of the molecule is CC(O)N1CCN(c2ncc3c(=O)c(C(=O)O)cn(C4CC4)c3n2)CC1. The van der Waals surface area contributed by atoms with Gasteiger partial charge < -0.3 is 19.7 Å². The van der Waals surface area contributed by atoms with E-state index >= 15 is 0 Å². The number of pyridine rings is 1. The third-order valence-electron chi connectivity index (χ3n) is 5.05. The molecular weight excluding hydrogens is 338 g/mol. The predicted molar refractivity (Wildman–Crippen MR) is 94.5 cm³/mol. The second kappa shape index (κ2) is 6.33. The summed E-state index contributed by atoms with van der Waals surface area (Å²) in [4.78, 5) is 36.7. The number of piperazine rings is 1. The highest BCUT2D eigenvalue weighted by Gasteiger charge is 2.28. The van der Waals surface area contributed by atoms with Gasteiger partial charge in [0.2, 0.25) is 11.4 Å². The van der Waals surface area contributed by atoms with Gasteiger partial charge in [-0.3, -0.25) is 9.69 Å². The number of carbonyl (C=O) groups is 1. The van der Waals surface area contributed by atoms with Gasteiger partial charge in [-0.1, -0.05) is 0 Å². The van der Waals surface area contributed by atoms with E-state index in [1.54, 1.807) is 11.5 Å². The van der Waals surface area contributed by atoms with Gasteiger partial charge in [0.1, 0.15) is 17.4 Å². The number of anilines is 1. The van der Waals surface area contributed by atoms with Crippen molar-refractivity contribution in [3.05, 3.63) is 28.2 Å². The van der Waals surface area contributed by atoms with Crippen LogP contribution in [0.1, 0.15) is 36.2 Å². The molecule has 0 radical (unpaired) electrons. The number of aromatic nitrogens is 3. The van der Waals surface area contributed by atoms with Crippen LogP contribution in [0.15, 0.2) is 17.2 Å². The summed E-state index contributed by atoms with van der Waals surface area (Å²) in [7, 11) is 0. The Morgan fingerprint density at radius 2 is 1.96 bits per heavy atom. The number of hydrogen-bond donors (Lipinski definition) is 2. The molecule has 1 aliphatic heterocycles. The molecule has 2 aromatic heterocycles. The summed E-state index contributed by atoms with van der Waals surface area (Å²) >= 11 is 0. The van der Waals surface area contributed by atoms with Gasteiger partial charge in [0.05, 0.1) is 5.39 Å². The van der Waals surface area contributed by atoms with Crippen LogP contribution in [-0.4, -0.2) is 68.0 Å². The summed E-state index contributed by atoms with van der Waals surface area (Å²) in [6.45, 7) is 4.50. The molecule has 1 unspecified atom stereocenters. The van der Waals surface area contributed by atoms with Crippen molar-refractivity contribution in [1.29, 1.82) is 0 Å². The Morgan fingerprint density at radius 1 is 1.27 bits per heavy atom. The zero-order valence-electron chi connectivity index (χ0n) is 14.5. The van der Waals surface area contributed by atoms with Crippen molar-refractivity contribution < 1.29 is 15.0 Å². The Balaban J connectivity index is 1.73. The Bertz CT molecular complexity index is 913. The van der Waals surface area contributed by atoms with Crippen molar-refractivity contribution in [1.82, 2.24) is 19.4 Å². The van der Waals surface area contributed by atoms with Gasteiger partial charge >= 0.3 is 5.97 Å². The van der Waals surface area contributed by atoms with Crippen LogP contribution in [0.3, 0.4) is 0 Å². The normalized spacial score (nSPS) is 19.7. The molecule has 138 valence electrons. The number of aromatic carboxylic acids is 1. The van der Waals surface area contributed by atoms with Gasteiger partial charge in [-0.05, 0) is 19.8 Å². The van der Waals surface area contributed by atoms with Crippen LogP contribution in [0.25, 0.3) is 11.0 Å². The number of fused-ring (bicyclic) bond motifs is 1. The van der Waals surface area contributed by atoms with E-state index < -0.39 is 17.6 Å². The highest BCUT2D eigenvalue weighted by molar-refractivity contribution is 5.91. The first-order valence-electron chi connectivity index (χ1n) is 8.78. The van der Waals surface area contributed by atoms with E-state index in [-0.39, 0.29) is 17.0 Å². The van der Waals surface area contributed by atoms with Crippen LogP contribution in [0.2, 0.25) is 0 Å². The van der Waals surface area contributed by atoms with E-state index in [1.165, 1.54) is 12.4 Å². The number of carboxylic acids is 1. The van der Waals surface area contributed by atoms with Crippen LogP contribution in [0.5, 0.6) is 0 Å². The lowest BCUT2D eigenvalue weighted by molar-refractivity contribution is 0.0151. The van der Waals surface area contributed by atoms with Crippen molar-refractivity contribution >= 4 is 23.0 Å². The molecule has 1 aliphatic carbocycles. The summed E-state index contributed by atoms with van der Waals surface area (Å²) < 4.78 is 1.80. The third kappa shape index (κ3) is 2.93. The predicted octanol–water partition coefficient (Wildman–Crippen LogP) is 0.285. The molecule has 1 atom stereocenters. The van der Waals surface area contributed by atoms with E-state index in [0.29, 0.717) is 37.8 Å². The highest BCUT2D eigenvalue weighted by atomic mass is 16.4. The average molecular weight is 359 g/mol. The molecule has 26 heavy (non-hydrogen) atoms. The highest BCUT2D eigenvalue weighted by Crippen LogP contribution is 2.36. The summed E-state index contributed by atoms with van der Waals surface area (Å²) in [5.74, 6) is -0.704. The van der Waals surface area contributed by atoms with Gasteiger partial charge in [-0.2, -0.15) is 4.98 Å². The minimum atomic E-state index is -1.23. The minimum absolute atomic E-state index is 0.186. The van der Waals surface area contributed by atoms with Crippen molar-refractivity contribution in [2.45, 2.75) is 32.0 Å². The Hall–Kier alpha value is -2.52. The van der Waals surface area contributed by atoms with Gasteiger partial charge in [-0.15, -0.1) is 0 Å². The fourth-order valence-corrected chi connectivity index (χ4v) is 3.36. The van der Waals surface area contributed by atoms with Crippen molar-refractivity contribution in [2.75, 3.05) is 31.1 Å². The van der Waals surface area contributed by atoms with Crippen LogP contribution in [-0.2, 0) is 0 Å². The van der Waals surface area contributed by atoms with E-state index in [2.05, 4.69) is 9.97 Å². The molecule has 9 nitrogen and oxygen atoms in total. The monoisotopic (exact) mass is 359 g/mol.